The van der Waals surface area contributed by atoms with Crippen LogP contribution in [0.1, 0.15) is 13.3 Å². The molecule has 0 heterocycles. The van der Waals surface area contributed by atoms with Gasteiger partial charge in [0.25, 0.3) is 12.0 Å². The van der Waals surface area contributed by atoms with Crippen LogP contribution < -0.4 is 0 Å². The summed E-state index contributed by atoms with van der Waals surface area (Å²) in [4.78, 5) is 0. The summed E-state index contributed by atoms with van der Waals surface area (Å²) in [6.07, 6.45) is -8.81. The molecule has 16 heavy (non-hydrogen) atoms. The highest BCUT2D eigenvalue weighted by atomic mass is 19.4. The molecule has 96 valence electrons. The molecule has 0 saturated carbocycles. The van der Waals surface area contributed by atoms with E-state index in [1.807, 2.05) is 0 Å². The van der Waals surface area contributed by atoms with Gasteiger partial charge in [-0.25, -0.2) is 13.2 Å². The molecule has 0 bridgehead atoms. The number of hydrogen-bond donors (Lipinski definition) is 0. The van der Waals surface area contributed by atoms with Crippen LogP contribution in [0.2, 0.25) is 0 Å². The monoisotopic (exact) mass is 256 g/mol. The lowest BCUT2D eigenvalue weighted by Crippen LogP contribution is -2.21. The van der Waals surface area contributed by atoms with E-state index < -0.39 is 30.4 Å². The van der Waals surface area contributed by atoms with Gasteiger partial charge in [0.05, 0.1) is 0 Å². The summed E-state index contributed by atoms with van der Waals surface area (Å²) in [6, 6.07) is 0. The Hall–Kier alpha value is -1.08. The molecule has 0 aliphatic rings. The first kappa shape index (κ1) is 17.3. The first-order chi connectivity index (χ1) is 6.83. The van der Waals surface area contributed by atoms with Crippen LogP contribution in [-0.4, -0.2) is 12.1 Å². The molecule has 0 aliphatic heterocycles. The van der Waals surface area contributed by atoms with Gasteiger partial charge in [0, 0.05) is 6.08 Å². The third kappa shape index (κ3) is 23.1. The Bertz CT molecular complexity index is 228. The van der Waals surface area contributed by atoms with E-state index in [-0.39, 0.29) is 13.0 Å². The zero-order chi connectivity index (χ0) is 13.6. The average molecular weight is 256 g/mol. The number of rotatable bonds is 2. The fourth-order valence-corrected chi connectivity index (χ4v) is 0.470. The van der Waals surface area contributed by atoms with Crippen molar-refractivity contribution in [1.82, 2.24) is 0 Å². The minimum atomic E-state index is -4.77. The third-order valence-corrected chi connectivity index (χ3v) is 0.777. The molecule has 0 aromatic carbocycles. The molecule has 0 nitrogen and oxygen atoms in total. The van der Waals surface area contributed by atoms with E-state index in [4.69, 9.17) is 0 Å². The molecular weight excluding hydrogens is 248 g/mol. The highest BCUT2D eigenvalue weighted by Crippen LogP contribution is 2.30. The summed E-state index contributed by atoms with van der Waals surface area (Å²) in [6.45, 7) is 2.81. The standard InChI is InChI=1S/C4H5F5.C4H3F3/c1-3(5,6)2-4(7,8)9;1-3(5)2-4(6)7/h2H2,1H3;2H,1H2. The van der Waals surface area contributed by atoms with Gasteiger partial charge in [-0.2, -0.15) is 22.0 Å². The highest BCUT2D eigenvalue weighted by Gasteiger charge is 2.39. The van der Waals surface area contributed by atoms with Gasteiger partial charge < -0.3 is 0 Å². The molecule has 0 N–H and O–H groups in total. The van der Waals surface area contributed by atoms with Gasteiger partial charge in [-0.3, -0.25) is 0 Å². The number of allylic oxidation sites excluding steroid dienone is 2. The molecule has 0 rings (SSSR count). The molecule has 8 heteroatoms. The van der Waals surface area contributed by atoms with Crippen LogP contribution in [0.3, 0.4) is 0 Å². The predicted molar refractivity (Wildman–Crippen MR) is 41.8 cm³/mol. The van der Waals surface area contributed by atoms with E-state index in [1.54, 1.807) is 0 Å². The van der Waals surface area contributed by atoms with Crippen molar-refractivity contribution >= 4 is 0 Å². The normalized spacial score (nSPS) is 11.3. The van der Waals surface area contributed by atoms with Gasteiger partial charge in [0.1, 0.15) is 12.2 Å². The Morgan fingerprint density at radius 2 is 1.44 bits per heavy atom. The molecule has 0 aromatic rings. The maximum Gasteiger partial charge on any atom is 0.394 e. The number of halogens is 8. The van der Waals surface area contributed by atoms with Crippen molar-refractivity contribution in [2.45, 2.75) is 25.4 Å². The van der Waals surface area contributed by atoms with Gasteiger partial charge in [0.2, 0.25) is 0 Å². The summed E-state index contributed by atoms with van der Waals surface area (Å²) in [7, 11) is 0. The first-order valence-corrected chi connectivity index (χ1v) is 3.65. The Kier molecular flexibility index (Phi) is 7.03. The molecule has 0 amide bonds. The Labute approximate surface area is 86.2 Å². The van der Waals surface area contributed by atoms with E-state index >= 15 is 0 Å². The molecule has 0 saturated heterocycles. The summed E-state index contributed by atoms with van der Waals surface area (Å²) in [5.74, 6) is -4.77. The van der Waals surface area contributed by atoms with Gasteiger partial charge >= 0.3 is 6.18 Å². The van der Waals surface area contributed by atoms with Crippen molar-refractivity contribution in [3.8, 4) is 0 Å². The van der Waals surface area contributed by atoms with Crippen LogP contribution in [0.4, 0.5) is 35.1 Å². The summed E-state index contributed by atoms with van der Waals surface area (Å²) >= 11 is 0. The lowest BCUT2D eigenvalue weighted by atomic mass is 10.3. The molecule has 0 aliphatic carbocycles. The SMILES string of the molecule is C=C(F)C=C(F)F.CC(F)(F)CC(F)(F)F. The molecule has 0 unspecified atom stereocenters. The van der Waals surface area contributed by atoms with Crippen molar-refractivity contribution in [2.24, 2.45) is 0 Å². The number of hydrogen-bond acceptors (Lipinski definition) is 0. The van der Waals surface area contributed by atoms with Crippen molar-refractivity contribution in [3.05, 3.63) is 24.6 Å². The zero-order valence-electron chi connectivity index (χ0n) is 8.02. The second-order valence-corrected chi connectivity index (χ2v) is 2.74. The summed E-state index contributed by atoms with van der Waals surface area (Å²) in [5.41, 5.74) is 0. The third-order valence-electron chi connectivity index (χ3n) is 0.777. The van der Waals surface area contributed by atoms with Gasteiger partial charge in [-0.15, -0.1) is 0 Å². The number of alkyl halides is 5. The van der Waals surface area contributed by atoms with Crippen LogP contribution >= 0.6 is 0 Å². The molecule has 0 aromatic heterocycles. The van der Waals surface area contributed by atoms with Crippen molar-refractivity contribution < 1.29 is 35.1 Å². The molecule has 0 atom stereocenters. The van der Waals surface area contributed by atoms with E-state index in [0.29, 0.717) is 0 Å². The summed E-state index contributed by atoms with van der Waals surface area (Å²) in [5, 5.41) is 0. The smallest absolute Gasteiger partial charge is 0.207 e. The quantitative estimate of drug-likeness (QED) is 0.489. The lowest BCUT2D eigenvalue weighted by Gasteiger charge is -2.11. The fraction of sp³-hybridized carbons (Fsp3) is 0.500. The Morgan fingerprint density at radius 1 is 1.06 bits per heavy atom. The molecule has 0 radical (unpaired) electrons. The lowest BCUT2D eigenvalue weighted by molar-refractivity contribution is -0.182. The second kappa shape index (κ2) is 6.49. The maximum atomic E-state index is 11.5. The zero-order valence-corrected chi connectivity index (χ0v) is 8.02. The largest absolute Gasteiger partial charge is 0.394 e. The molecule has 0 fully saturated rings. The molecule has 0 spiro atoms. The maximum absolute atomic E-state index is 11.5. The average Bonchev–Trinajstić information content (AvgIpc) is 1.72. The van der Waals surface area contributed by atoms with Crippen LogP contribution in [-0.2, 0) is 0 Å². The van der Waals surface area contributed by atoms with Crippen LogP contribution in [0.25, 0.3) is 0 Å². The Morgan fingerprint density at radius 3 is 1.44 bits per heavy atom. The molecular formula is C8H8F8. The van der Waals surface area contributed by atoms with Crippen LogP contribution in [0, 0.1) is 0 Å². The first-order valence-electron chi connectivity index (χ1n) is 3.65. The van der Waals surface area contributed by atoms with Crippen molar-refractivity contribution in [3.63, 3.8) is 0 Å². The van der Waals surface area contributed by atoms with Crippen LogP contribution in [0.5, 0.6) is 0 Å². The van der Waals surface area contributed by atoms with E-state index in [9.17, 15) is 35.1 Å². The van der Waals surface area contributed by atoms with E-state index in [2.05, 4.69) is 6.58 Å². The highest BCUT2D eigenvalue weighted by molar-refractivity contribution is 5.05. The topological polar surface area (TPSA) is 0 Å². The minimum Gasteiger partial charge on any atom is -0.207 e. The Balaban J connectivity index is 0. The van der Waals surface area contributed by atoms with Gasteiger partial charge in [0.15, 0.2) is 0 Å². The van der Waals surface area contributed by atoms with Crippen LogP contribution in [0.15, 0.2) is 24.6 Å². The van der Waals surface area contributed by atoms with Gasteiger partial charge in [-0.1, -0.05) is 6.58 Å². The van der Waals surface area contributed by atoms with E-state index in [1.165, 1.54) is 0 Å². The summed E-state index contributed by atoms with van der Waals surface area (Å²) < 4.78 is 89.1. The van der Waals surface area contributed by atoms with Crippen molar-refractivity contribution in [2.75, 3.05) is 0 Å². The fourth-order valence-electron chi connectivity index (χ4n) is 0.470. The van der Waals surface area contributed by atoms with E-state index in [0.717, 1.165) is 0 Å². The van der Waals surface area contributed by atoms with Gasteiger partial charge in [-0.05, 0) is 6.92 Å². The minimum absolute atomic E-state index is 0.0556. The van der Waals surface area contributed by atoms with Crippen molar-refractivity contribution in [1.29, 1.82) is 0 Å². The second-order valence-electron chi connectivity index (χ2n) is 2.74. The predicted octanol–water partition coefficient (Wildman–Crippen LogP) is 4.84.